The van der Waals surface area contributed by atoms with Crippen molar-refractivity contribution in [1.82, 2.24) is 4.90 Å². The van der Waals surface area contributed by atoms with E-state index in [0.717, 1.165) is 6.42 Å². The molecule has 4 heteroatoms. The van der Waals surface area contributed by atoms with Crippen molar-refractivity contribution in [2.24, 2.45) is 5.73 Å². The van der Waals surface area contributed by atoms with E-state index in [-0.39, 0.29) is 17.8 Å². The van der Waals surface area contributed by atoms with Crippen LogP contribution < -0.4 is 5.73 Å². The Morgan fingerprint density at radius 2 is 2.22 bits per heavy atom. The van der Waals surface area contributed by atoms with Gasteiger partial charge in [0.05, 0.1) is 0 Å². The molecule has 3 nitrogen and oxygen atoms in total. The lowest BCUT2D eigenvalue weighted by Gasteiger charge is -2.14. The third-order valence-electron chi connectivity index (χ3n) is 3.18. The zero-order valence-corrected chi connectivity index (χ0v) is 10.4. The molecule has 1 aromatic rings. The quantitative estimate of drug-likeness (QED) is 0.811. The molecule has 0 saturated carbocycles. The molecule has 1 aliphatic rings. The van der Waals surface area contributed by atoms with Gasteiger partial charge in [0.1, 0.15) is 5.82 Å². The highest BCUT2D eigenvalue weighted by atomic mass is 19.1. The second-order valence-electron chi connectivity index (χ2n) is 4.64. The van der Waals surface area contributed by atoms with E-state index in [1.54, 1.807) is 30.0 Å². The van der Waals surface area contributed by atoms with E-state index in [0.29, 0.717) is 24.2 Å². The van der Waals surface area contributed by atoms with Crippen molar-refractivity contribution in [2.75, 3.05) is 13.1 Å². The summed E-state index contributed by atoms with van der Waals surface area (Å²) < 4.78 is 13.5. The highest BCUT2D eigenvalue weighted by Gasteiger charge is 2.22. The van der Waals surface area contributed by atoms with E-state index in [4.69, 9.17) is 5.73 Å². The molecule has 1 amide bonds. The topological polar surface area (TPSA) is 46.3 Å². The van der Waals surface area contributed by atoms with Gasteiger partial charge in [0.25, 0.3) is 0 Å². The molecule has 0 spiro atoms. The van der Waals surface area contributed by atoms with Gasteiger partial charge >= 0.3 is 0 Å². The van der Waals surface area contributed by atoms with E-state index in [9.17, 15) is 9.18 Å². The molecule has 0 aromatic heterocycles. The Morgan fingerprint density at radius 3 is 2.83 bits per heavy atom. The molecule has 0 aliphatic carbocycles. The zero-order chi connectivity index (χ0) is 13.1. The summed E-state index contributed by atoms with van der Waals surface area (Å²) in [6.45, 7) is 3.01. The summed E-state index contributed by atoms with van der Waals surface area (Å²) in [5.41, 5.74) is 6.86. The van der Waals surface area contributed by atoms with Crippen LogP contribution in [0.1, 0.15) is 18.9 Å². The van der Waals surface area contributed by atoms with Crippen molar-refractivity contribution < 1.29 is 9.18 Å². The van der Waals surface area contributed by atoms with Crippen LogP contribution >= 0.6 is 0 Å². The van der Waals surface area contributed by atoms with Gasteiger partial charge in [-0.3, -0.25) is 4.79 Å². The fraction of sp³-hybridized carbons (Fsp3) is 0.357. The van der Waals surface area contributed by atoms with Gasteiger partial charge in [-0.05, 0) is 25.0 Å². The minimum Gasteiger partial charge on any atom is -0.338 e. The lowest BCUT2D eigenvalue weighted by atomic mass is 10.1. The molecule has 1 aliphatic heterocycles. The first-order valence-corrected chi connectivity index (χ1v) is 6.05. The van der Waals surface area contributed by atoms with Crippen LogP contribution in [0, 0.1) is 5.82 Å². The molecule has 0 radical (unpaired) electrons. The highest BCUT2D eigenvalue weighted by Crippen LogP contribution is 2.18. The second kappa shape index (κ2) is 5.31. The normalized spacial score (nSPS) is 20.3. The number of nitrogens with two attached hydrogens (primary N) is 1. The predicted octanol–water partition coefficient (Wildman–Crippen LogP) is 1.79. The van der Waals surface area contributed by atoms with E-state index in [2.05, 4.69) is 0 Å². The zero-order valence-electron chi connectivity index (χ0n) is 10.4. The molecule has 2 rings (SSSR count). The molecule has 96 valence electrons. The number of allylic oxidation sites excluding steroid dienone is 1. The van der Waals surface area contributed by atoms with Crippen LogP contribution in [0.5, 0.6) is 0 Å². The van der Waals surface area contributed by atoms with E-state index in [1.165, 1.54) is 12.1 Å². The van der Waals surface area contributed by atoms with Gasteiger partial charge in [-0.1, -0.05) is 18.2 Å². The minimum atomic E-state index is -0.308. The summed E-state index contributed by atoms with van der Waals surface area (Å²) in [6.07, 6.45) is 2.31. The average molecular weight is 248 g/mol. The van der Waals surface area contributed by atoms with Gasteiger partial charge < -0.3 is 10.6 Å². The smallest absolute Gasteiger partial charge is 0.246 e. The maximum absolute atomic E-state index is 13.5. The van der Waals surface area contributed by atoms with Gasteiger partial charge in [0, 0.05) is 30.8 Å². The van der Waals surface area contributed by atoms with E-state index < -0.39 is 0 Å². The van der Waals surface area contributed by atoms with Crippen molar-refractivity contribution >= 4 is 11.5 Å². The molecule has 0 unspecified atom stereocenters. The molecule has 1 atom stereocenters. The largest absolute Gasteiger partial charge is 0.338 e. The Kier molecular flexibility index (Phi) is 3.77. The molecule has 1 aromatic carbocycles. The lowest BCUT2D eigenvalue weighted by Crippen LogP contribution is -2.30. The number of nitrogens with zero attached hydrogens (tertiary/aromatic N) is 1. The molecule has 2 N–H and O–H groups in total. The summed E-state index contributed by atoms with van der Waals surface area (Å²) >= 11 is 0. The summed E-state index contributed by atoms with van der Waals surface area (Å²) in [7, 11) is 0. The van der Waals surface area contributed by atoms with Gasteiger partial charge in [-0.25, -0.2) is 4.39 Å². The van der Waals surface area contributed by atoms with Crippen LogP contribution in [0.15, 0.2) is 30.3 Å². The van der Waals surface area contributed by atoms with Gasteiger partial charge in [-0.2, -0.15) is 0 Å². The van der Waals surface area contributed by atoms with Crippen LogP contribution in [0.25, 0.3) is 5.57 Å². The Balaban J connectivity index is 2.13. The first-order chi connectivity index (χ1) is 8.58. The van der Waals surface area contributed by atoms with Crippen LogP contribution in [-0.2, 0) is 4.79 Å². The first kappa shape index (κ1) is 12.8. The number of benzene rings is 1. The molecular weight excluding hydrogens is 231 g/mol. The fourth-order valence-corrected chi connectivity index (χ4v) is 2.12. The summed E-state index contributed by atoms with van der Waals surface area (Å²) in [4.78, 5) is 13.7. The van der Waals surface area contributed by atoms with Gasteiger partial charge in [-0.15, -0.1) is 0 Å². The molecule has 18 heavy (non-hydrogen) atoms. The van der Waals surface area contributed by atoms with Crippen molar-refractivity contribution in [3.63, 3.8) is 0 Å². The standard InChI is InChI=1S/C14H17FN2O/c1-10(12-4-2-3-5-13(12)15)8-14(18)17-7-6-11(16)9-17/h2-5,8,11H,6-7,9,16H2,1H3/b10-8+/t11-/m1/s1. The first-order valence-electron chi connectivity index (χ1n) is 6.05. The van der Waals surface area contributed by atoms with Crippen LogP contribution in [0.2, 0.25) is 0 Å². The SMILES string of the molecule is C/C(=C\C(=O)N1CC[C@@H](N)C1)c1ccccc1F. The van der Waals surface area contributed by atoms with Gasteiger partial charge in [0.15, 0.2) is 0 Å². The number of carbonyl (C=O) groups excluding carboxylic acids is 1. The Labute approximate surface area is 106 Å². The summed E-state index contributed by atoms with van der Waals surface area (Å²) in [5.74, 6) is -0.402. The van der Waals surface area contributed by atoms with Crippen molar-refractivity contribution in [3.05, 3.63) is 41.7 Å². The number of halogens is 1. The predicted molar refractivity (Wildman–Crippen MR) is 69.2 cm³/mol. The van der Waals surface area contributed by atoms with Crippen LogP contribution in [0.3, 0.4) is 0 Å². The fourth-order valence-electron chi connectivity index (χ4n) is 2.12. The highest BCUT2D eigenvalue weighted by molar-refractivity contribution is 5.95. The third-order valence-corrected chi connectivity index (χ3v) is 3.18. The monoisotopic (exact) mass is 248 g/mol. The van der Waals surface area contributed by atoms with E-state index >= 15 is 0 Å². The molecule has 1 saturated heterocycles. The van der Waals surface area contributed by atoms with Crippen molar-refractivity contribution in [3.8, 4) is 0 Å². The number of hydrogen-bond acceptors (Lipinski definition) is 2. The van der Waals surface area contributed by atoms with E-state index in [1.807, 2.05) is 0 Å². The number of amides is 1. The lowest BCUT2D eigenvalue weighted by molar-refractivity contribution is -0.125. The third kappa shape index (κ3) is 2.76. The maximum atomic E-state index is 13.5. The Hall–Kier alpha value is -1.68. The second-order valence-corrected chi connectivity index (χ2v) is 4.64. The van der Waals surface area contributed by atoms with Crippen molar-refractivity contribution in [2.45, 2.75) is 19.4 Å². The van der Waals surface area contributed by atoms with Gasteiger partial charge in [0.2, 0.25) is 5.91 Å². The van der Waals surface area contributed by atoms with Crippen molar-refractivity contribution in [1.29, 1.82) is 0 Å². The molecule has 1 heterocycles. The maximum Gasteiger partial charge on any atom is 0.246 e. The number of likely N-dealkylation sites (tertiary alicyclic amines) is 1. The Morgan fingerprint density at radius 1 is 1.50 bits per heavy atom. The molecule has 0 bridgehead atoms. The van der Waals surface area contributed by atoms with Crippen LogP contribution in [-0.4, -0.2) is 29.9 Å². The molecular formula is C14H17FN2O. The molecule has 1 fully saturated rings. The average Bonchev–Trinajstić information content (AvgIpc) is 2.76. The number of rotatable bonds is 2. The minimum absolute atomic E-state index is 0.0658. The number of hydrogen-bond donors (Lipinski definition) is 1. The summed E-state index contributed by atoms with van der Waals surface area (Å²) in [5, 5.41) is 0. The summed E-state index contributed by atoms with van der Waals surface area (Å²) in [6, 6.07) is 6.52. The van der Waals surface area contributed by atoms with Crippen LogP contribution in [0.4, 0.5) is 4.39 Å². The number of carbonyl (C=O) groups is 1. The Bertz CT molecular complexity index is 484.